The van der Waals surface area contributed by atoms with Crippen LogP contribution in [0.25, 0.3) is 0 Å². The van der Waals surface area contributed by atoms with E-state index in [9.17, 15) is 77.8 Å². The molecule has 0 heterocycles. The van der Waals surface area contributed by atoms with E-state index < -0.39 is 76.0 Å². The van der Waals surface area contributed by atoms with E-state index in [0.29, 0.717) is 0 Å². The minimum absolute atomic E-state index is 0. The van der Waals surface area contributed by atoms with Crippen LogP contribution in [0.15, 0.2) is 0 Å². The largest absolute Gasteiger partial charge is 6.00 e. The van der Waals surface area contributed by atoms with Gasteiger partial charge >= 0.3 is 17.4 Å². The zero-order chi connectivity index (χ0) is 23.1. The van der Waals surface area contributed by atoms with Gasteiger partial charge in [0, 0.05) is 0 Å². The first kappa shape index (κ1) is 39.7. The molecule has 0 aliphatic rings. The average molecular weight is 611 g/mol. The molecule has 176 valence electrons. The first-order valence-electron chi connectivity index (χ1n) is 4.73. The van der Waals surface area contributed by atoms with E-state index in [4.69, 9.17) is 0 Å². The van der Waals surface area contributed by atoms with Crippen LogP contribution in [0.5, 0.6) is 0 Å². The van der Waals surface area contributed by atoms with Gasteiger partial charge in [-0.1, -0.05) is 0 Å². The van der Waals surface area contributed by atoms with E-state index in [2.05, 4.69) is 0 Å². The maximum atomic E-state index is 9.51. The van der Waals surface area contributed by atoms with Crippen LogP contribution < -0.4 is 0 Å². The molecule has 0 aromatic rings. The summed E-state index contributed by atoms with van der Waals surface area (Å²) in [4.78, 5) is 0. The summed E-state index contributed by atoms with van der Waals surface area (Å²) in [6, 6.07) is 0. The SMILES string of the molecule is Cl.O=S(=O)([O-])CS(=O)(=O)[O-].O=S(=O)([O-])CS(=O)(=O)[O-].O=S(=O)([O-])CS(=O)(=O)[O-].[Cr+6]. The van der Waals surface area contributed by atoms with Crippen LogP contribution in [-0.2, 0) is 78.1 Å². The molecular formula is C3H7ClCrO18S6. The summed E-state index contributed by atoms with van der Waals surface area (Å²) in [5.74, 6) is 0. The first-order chi connectivity index (χ1) is 11.1. The molecule has 0 atom stereocenters. The fraction of sp³-hybridized carbons (Fsp3) is 1.00. The fourth-order valence-corrected chi connectivity index (χ4v) is 4.77. The molecule has 0 rings (SSSR count). The standard InChI is InChI=1S/3CH4O6S2.ClH.Cr/c3*2-8(3,4)1-9(5,6)7;;/h3*1H2,(H,2,3,4)(H,5,6,7);1H;/q;;;;+6/p-6. The molecule has 0 radical (unpaired) electrons. The third-order valence-electron chi connectivity index (χ3n) is 0.866. The van der Waals surface area contributed by atoms with E-state index in [1.54, 1.807) is 0 Å². The van der Waals surface area contributed by atoms with E-state index in [1.807, 2.05) is 0 Å². The maximum absolute atomic E-state index is 9.51. The molecule has 0 fully saturated rings. The molecule has 0 amide bonds. The maximum Gasteiger partial charge on any atom is 6.00 e. The smallest absolute Gasteiger partial charge is 0.747 e. The summed E-state index contributed by atoms with van der Waals surface area (Å²) in [7, 11) is -29.6. The molecule has 0 spiro atoms. The molecule has 0 bridgehead atoms. The molecule has 0 aliphatic carbocycles. The Kier molecular flexibility index (Phi) is 18.7. The Balaban J connectivity index is -0.0000000960. The minimum Gasteiger partial charge on any atom is -0.747 e. The van der Waals surface area contributed by atoms with Gasteiger partial charge in [0.1, 0.15) is 76.0 Å². The van der Waals surface area contributed by atoms with E-state index in [0.717, 1.165) is 0 Å². The van der Waals surface area contributed by atoms with Crippen molar-refractivity contribution in [3.05, 3.63) is 0 Å². The van der Waals surface area contributed by atoms with Gasteiger partial charge in [-0.2, -0.15) is 0 Å². The second-order valence-corrected chi connectivity index (χ2v) is 13.2. The first-order valence-corrected chi connectivity index (χ1v) is 14.2. The Labute approximate surface area is 182 Å². The van der Waals surface area contributed by atoms with Gasteiger partial charge in [-0.05, 0) is 0 Å². The van der Waals surface area contributed by atoms with Crippen molar-refractivity contribution in [3.8, 4) is 0 Å². The Morgan fingerprint density at radius 2 is 0.414 bits per heavy atom. The van der Waals surface area contributed by atoms with Gasteiger partial charge in [-0.25, -0.2) is 50.5 Å². The number of halogens is 1. The number of rotatable bonds is 6. The topological polar surface area (TPSA) is 343 Å². The summed E-state index contributed by atoms with van der Waals surface area (Å²) in [5, 5.41) is -5.62. The van der Waals surface area contributed by atoms with Crippen LogP contribution in [0.2, 0.25) is 0 Å². The summed E-state index contributed by atoms with van der Waals surface area (Å²) in [6.07, 6.45) is 0. The Hall–Kier alpha value is 0.282. The van der Waals surface area contributed by atoms with Crippen molar-refractivity contribution >= 4 is 73.1 Å². The van der Waals surface area contributed by atoms with Crippen molar-refractivity contribution in [2.45, 2.75) is 0 Å². The van der Waals surface area contributed by atoms with Crippen molar-refractivity contribution in [3.63, 3.8) is 0 Å². The third-order valence-corrected chi connectivity index (χ3v) is 7.79. The predicted molar refractivity (Wildman–Crippen MR) is 80.0 cm³/mol. The summed E-state index contributed by atoms with van der Waals surface area (Å²) < 4.78 is 171. The quantitative estimate of drug-likeness (QED) is 0.253. The van der Waals surface area contributed by atoms with E-state index in [1.165, 1.54) is 0 Å². The summed E-state index contributed by atoms with van der Waals surface area (Å²) in [5.41, 5.74) is 0. The van der Waals surface area contributed by atoms with Gasteiger partial charge < -0.3 is 27.3 Å². The number of hydrogen-bond acceptors (Lipinski definition) is 18. The monoisotopic (exact) mass is 610 g/mol. The second-order valence-electron chi connectivity index (χ2n) is 3.70. The normalized spacial score (nSPS) is 12.6. The van der Waals surface area contributed by atoms with Gasteiger partial charge in [-0.15, -0.1) is 12.4 Å². The molecule has 0 saturated heterocycles. The molecule has 26 heteroatoms. The molecule has 0 aliphatic heterocycles. The summed E-state index contributed by atoms with van der Waals surface area (Å²) in [6.45, 7) is 0. The van der Waals surface area contributed by atoms with Crippen LogP contribution >= 0.6 is 12.4 Å². The van der Waals surface area contributed by atoms with Crippen molar-refractivity contribution in [2.24, 2.45) is 0 Å². The third kappa shape index (κ3) is 58.4. The van der Waals surface area contributed by atoms with Crippen molar-refractivity contribution < 1.29 is 95.2 Å². The van der Waals surface area contributed by atoms with Gasteiger partial charge in [-0.3, -0.25) is 0 Å². The van der Waals surface area contributed by atoms with Crippen LogP contribution in [0.4, 0.5) is 0 Å². The fourth-order valence-electron chi connectivity index (χ4n) is 0.530. The number of hydrogen-bond donors (Lipinski definition) is 0. The summed E-state index contributed by atoms with van der Waals surface area (Å²) >= 11 is 0. The van der Waals surface area contributed by atoms with Crippen molar-refractivity contribution in [2.75, 3.05) is 15.3 Å². The van der Waals surface area contributed by atoms with Crippen LogP contribution in [-0.4, -0.2) is 93.1 Å². The van der Waals surface area contributed by atoms with Crippen molar-refractivity contribution in [1.29, 1.82) is 0 Å². The molecule has 0 N–H and O–H groups in total. The van der Waals surface area contributed by atoms with Crippen LogP contribution in [0.3, 0.4) is 0 Å². The van der Waals surface area contributed by atoms with E-state index >= 15 is 0 Å². The van der Waals surface area contributed by atoms with E-state index in [-0.39, 0.29) is 29.8 Å². The Bertz CT molecular complexity index is 868. The molecule has 0 aromatic heterocycles. The molecule has 18 nitrogen and oxygen atoms in total. The van der Waals surface area contributed by atoms with Gasteiger partial charge in [0.15, 0.2) is 0 Å². The molecule has 0 unspecified atom stereocenters. The average Bonchev–Trinajstić information content (AvgIpc) is 1.96. The van der Waals surface area contributed by atoms with Crippen LogP contribution in [0, 0.1) is 0 Å². The minimum atomic E-state index is -4.93. The predicted octanol–water partition coefficient (Wildman–Crippen LogP) is -5.48. The molecule has 0 aromatic carbocycles. The molecular weight excluding hydrogens is 604 g/mol. The molecule has 0 saturated carbocycles. The zero-order valence-electron chi connectivity index (χ0n) is 12.7. The Morgan fingerprint density at radius 1 is 0.345 bits per heavy atom. The van der Waals surface area contributed by atoms with Gasteiger partial charge in [0.05, 0.1) is 0 Å². The van der Waals surface area contributed by atoms with Crippen LogP contribution in [0.1, 0.15) is 0 Å². The second kappa shape index (κ2) is 13.6. The van der Waals surface area contributed by atoms with Gasteiger partial charge in [0.2, 0.25) is 0 Å². The van der Waals surface area contributed by atoms with Crippen molar-refractivity contribution in [1.82, 2.24) is 0 Å². The zero-order valence-corrected chi connectivity index (χ0v) is 19.7. The Morgan fingerprint density at radius 3 is 0.414 bits per heavy atom. The van der Waals surface area contributed by atoms with Gasteiger partial charge in [0.25, 0.3) is 0 Å². The molecule has 29 heavy (non-hydrogen) atoms.